The molecule has 96 valence electrons. The number of H-pyrrole nitrogens is 1. The average molecular weight is 248 g/mol. The summed E-state index contributed by atoms with van der Waals surface area (Å²) in [6, 6.07) is 0. The van der Waals surface area contributed by atoms with Crippen LogP contribution in [0, 0.1) is 0 Å². The van der Waals surface area contributed by atoms with Gasteiger partial charge in [0.15, 0.2) is 11.6 Å². The Labute approximate surface area is 105 Å². The van der Waals surface area contributed by atoms with E-state index in [-0.39, 0.29) is 5.95 Å². The molecule has 4 N–H and O–H groups in total. The number of aromatic amines is 1. The minimum atomic E-state index is 0.262. The number of hydrogen-bond donors (Lipinski definition) is 3. The van der Waals surface area contributed by atoms with Crippen molar-refractivity contribution in [3.8, 4) is 0 Å². The van der Waals surface area contributed by atoms with Crippen LogP contribution >= 0.6 is 0 Å². The molecule has 0 aliphatic rings. The Morgan fingerprint density at radius 3 is 2.78 bits per heavy atom. The van der Waals surface area contributed by atoms with E-state index in [1.165, 1.54) is 0 Å². The van der Waals surface area contributed by atoms with Crippen molar-refractivity contribution in [2.75, 3.05) is 36.6 Å². The summed E-state index contributed by atoms with van der Waals surface area (Å²) in [7, 11) is 3.85. The van der Waals surface area contributed by atoms with Crippen molar-refractivity contribution in [2.24, 2.45) is 0 Å². The van der Waals surface area contributed by atoms with E-state index in [0.29, 0.717) is 13.0 Å². The van der Waals surface area contributed by atoms with Crippen molar-refractivity contribution < 1.29 is 0 Å². The summed E-state index contributed by atoms with van der Waals surface area (Å²) in [4.78, 5) is 14.4. The van der Waals surface area contributed by atoms with E-state index in [9.17, 15) is 0 Å². The summed E-state index contributed by atoms with van der Waals surface area (Å²) in [6.45, 7) is 0.675. The maximum Gasteiger partial charge on any atom is 0.239 e. The minimum absolute atomic E-state index is 0.262. The van der Waals surface area contributed by atoms with Gasteiger partial charge in [-0.05, 0) is 0 Å². The van der Waals surface area contributed by atoms with Crippen molar-refractivity contribution in [1.82, 2.24) is 25.1 Å². The van der Waals surface area contributed by atoms with E-state index in [4.69, 9.17) is 5.73 Å². The lowest BCUT2D eigenvalue weighted by Crippen LogP contribution is -2.16. The van der Waals surface area contributed by atoms with Crippen molar-refractivity contribution in [1.29, 1.82) is 0 Å². The predicted molar refractivity (Wildman–Crippen MR) is 69.3 cm³/mol. The Morgan fingerprint density at radius 2 is 2.11 bits per heavy atom. The maximum absolute atomic E-state index is 5.42. The van der Waals surface area contributed by atoms with Crippen LogP contribution in [0.5, 0.6) is 0 Å². The molecule has 2 aromatic heterocycles. The van der Waals surface area contributed by atoms with Crippen molar-refractivity contribution >= 4 is 17.6 Å². The number of nitrogens with zero attached hydrogens (tertiary/aromatic N) is 5. The van der Waals surface area contributed by atoms with Crippen LogP contribution in [0.3, 0.4) is 0 Å². The van der Waals surface area contributed by atoms with E-state index in [1.807, 2.05) is 19.0 Å². The smallest absolute Gasteiger partial charge is 0.239 e. The average Bonchev–Trinajstić information content (AvgIpc) is 2.75. The van der Waals surface area contributed by atoms with Gasteiger partial charge in [0.2, 0.25) is 5.95 Å². The molecule has 2 rings (SSSR count). The van der Waals surface area contributed by atoms with Crippen molar-refractivity contribution in [2.45, 2.75) is 6.42 Å². The Morgan fingerprint density at radius 1 is 1.33 bits per heavy atom. The molecule has 2 aromatic rings. The number of nitrogens with two attached hydrogens (primary N) is 1. The summed E-state index contributed by atoms with van der Waals surface area (Å²) in [5.41, 5.74) is 5.42. The summed E-state index contributed by atoms with van der Waals surface area (Å²) in [5, 5.41) is 9.73. The third-order valence-corrected chi connectivity index (χ3v) is 2.31. The molecule has 0 fully saturated rings. The monoisotopic (exact) mass is 248 g/mol. The van der Waals surface area contributed by atoms with Gasteiger partial charge in [0.25, 0.3) is 0 Å². The van der Waals surface area contributed by atoms with Gasteiger partial charge in [-0.3, -0.25) is 5.10 Å². The number of nitrogens with one attached hydrogen (secondary N) is 2. The molecule has 0 saturated heterocycles. The Balaban J connectivity index is 1.94. The number of rotatable bonds is 5. The summed E-state index contributed by atoms with van der Waals surface area (Å²) < 4.78 is 0. The molecular formula is C10H16N8. The van der Waals surface area contributed by atoms with E-state index in [1.54, 1.807) is 12.4 Å². The fraction of sp³-hybridized carbons (Fsp3) is 0.400. The van der Waals surface area contributed by atoms with Crippen LogP contribution < -0.4 is 16.0 Å². The first kappa shape index (κ1) is 12.1. The van der Waals surface area contributed by atoms with Gasteiger partial charge in [-0.2, -0.15) is 4.98 Å². The number of hydrogen-bond acceptors (Lipinski definition) is 7. The minimum Gasteiger partial charge on any atom is -0.367 e. The molecule has 0 bridgehead atoms. The molecule has 0 spiro atoms. The highest BCUT2D eigenvalue weighted by Gasteiger charge is 2.06. The molecule has 8 nitrogen and oxygen atoms in total. The highest BCUT2D eigenvalue weighted by Crippen LogP contribution is 2.16. The van der Waals surface area contributed by atoms with Crippen LogP contribution in [0.25, 0.3) is 0 Å². The zero-order valence-electron chi connectivity index (χ0n) is 10.4. The number of nitrogen functional groups attached to an aromatic ring is 1. The normalized spacial score (nSPS) is 10.3. The van der Waals surface area contributed by atoms with E-state index in [2.05, 4.69) is 30.5 Å². The second-order valence-electron chi connectivity index (χ2n) is 3.94. The number of anilines is 3. The lowest BCUT2D eigenvalue weighted by atomic mass is 10.4. The van der Waals surface area contributed by atoms with E-state index in [0.717, 1.165) is 17.5 Å². The lowest BCUT2D eigenvalue weighted by Gasteiger charge is -2.15. The summed E-state index contributed by atoms with van der Waals surface area (Å²) in [6.07, 6.45) is 4.01. The highest BCUT2D eigenvalue weighted by atomic mass is 15.3. The molecule has 0 saturated carbocycles. The maximum atomic E-state index is 5.42. The molecule has 0 aromatic carbocycles. The third kappa shape index (κ3) is 2.84. The lowest BCUT2D eigenvalue weighted by molar-refractivity contribution is 0.893. The molecule has 18 heavy (non-hydrogen) atoms. The van der Waals surface area contributed by atoms with E-state index < -0.39 is 0 Å². The van der Waals surface area contributed by atoms with E-state index >= 15 is 0 Å². The van der Waals surface area contributed by atoms with Gasteiger partial charge in [0.05, 0.1) is 0 Å². The van der Waals surface area contributed by atoms with Crippen LogP contribution in [0.2, 0.25) is 0 Å². The predicted octanol–water partition coefficient (Wildman–Crippen LogP) is -0.103. The van der Waals surface area contributed by atoms with Gasteiger partial charge >= 0.3 is 0 Å². The fourth-order valence-electron chi connectivity index (χ4n) is 1.50. The first-order valence-corrected chi connectivity index (χ1v) is 5.56. The number of aromatic nitrogens is 5. The second-order valence-corrected chi connectivity index (χ2v) is 3.94. The second kappa shape index (κ2) is 5.30. The standard InChI is InChI=1S/C10H16N8/c1-18(2)9-8(13-5-6-14-9)12-4-3-7-15-10(11)17-16-7/h5-6H,3-4H2,1-2H3,(H,12,13)(H3,11,15,16,17). The topological polar surface area (TPSA) is 109 Å². The van der Waals surface area contributed by atoms with Crippen molar-refractivity contribution in [3.05, 3.63) is 18.2 Å². The Hall–Kier alpha value is -2.38. The molecule has 0 aliphatic heterocycles. The van der Waals surface area contributed by atoms with Crippen molar-refractivity contribution in [3.63, 3.8) is 0 Å². The van der Waals surface area contributed by atoms with Crippen LogP contribution in [0.15, 0.2) is 12.4 Å². The molecule has 8 heteroatoms. The summed E-state index contributed by atoms with van der Waals surface area (Å²) >= 11 is 0. The third-order valence-electron chi connectivity index (χ3n) is 2.31. The molecule has 2 heterocycles. The van der Waals surface area contributed by atoms with Crippen LogP contribution in [0.1, 0.15) is 5.82 Å². The zero-order chi connectivity index (χ0) is 13.0. The van der Waals surface area contributed by atoms with Gasteiger partial charge in [-0.15, -0.1) is 5.10 Å². The first-order chi connectivity index (χ1) is 8.66. The van der Waals surface area contributed by atoms with Gasteiger partial charge in [-0.1, -0.05) is 0 Å². The quantitative estimate of drug-likeness (QED) is 0.677. The van der Waals surface area contributed by atoms with Crippen LogP contribution in [-0.2, 0) is 6.42 Å². The highest BCUT2D eigenvalue weighted by molar-refractivity contribution is 5.59. The summed E-state index contributed by atoms with van der Waals surface area (Å²) in [5.74, 6) is 2.55. The van der Waals surface area contributed by atoms with Gasteiger partial charge < -0.3 is 16.0 Å². The van der Waals surface area contributed by atoms with Crippen LogP contribution in [0.4, 0.5) is 17.6 Å². The molecule has 0 radical (unpaired) electrons. The zero-order valence-corrected chi connectivity index (χ0v) is 10.4. The molecule has 0 unspecified atom stereocenters. The largest absolute Gasteiger partial charge is 0.367 e. The van der Waals surface area contributed by atoms with Gasteiger partial charge in [0.1, 0.15) is 5.82 Å². The Bertz CT molecular complexity index is 506. The van der Waals surface area contributed by atoms with Gasteiger partial charge in [-0.25, -0.2) is 9.97 Å². The molecular weight excluding hydrogens is 232 g/mol. The Kier molecular flexibility index (Phi) is 3.56. The van der Waals surface area contributed by atoms with Gasteiger partial charge in [0, 0.05) is 39.5 Å². The molecule has 0 amide bonds. The molecule has 0 aliphatic carbocycles. The van der Waals surface area contributed by atoms with Crippen LogP contribution in [-0.4, -0.2) is 45.8 Å². The fourth-order valence-corrected chi connectivity index (χ4v) is 1.50. The SMILES string of the molecule is CN(C)c1nccnc1NCCc1nc(N)n[nH]1. The first-order valence-electron chi connectivity index (χ1n) is 5.56. The molecule has 0 atom stereocenters.